The van der Waals surface area contributed by atoms with Gasteiger partial charge in [-0.2, -0.15) is 15.3 Å². The quantitative estimate of drug-likeness (QED) is 0.179. The molecule has 0 atom stereocenters. The van der Waals surface area contributed by atoms with E-state index in [0.717, 1.165) is 39.1 Å². The number of rotatable bonds is 11. The fourth-order valence-electron chi connectivity index (χ4n) is 6.29. The molecule has 1 amide bonds. The highest BCUT2D eigenvalue weighted by molar-refractivity contribution is 6.00. The van der Waals surface area contributed by atoms with Crippen molar-refractivity contribution in [3.05, 3.63) is 107 Å². The van der Waals surface area contributed by atoms with Crippen molar-refractivity contribution in [2.75, 3.05) is 53.5 Å². The number of hydrogen-bond donors (Lipinski definition) is 1. The number of aromatic nitrogens is 4. The molecule has 52 heavy (non-hydrogen) atoms. The summed E-state index contributed by atoms with van der Waals surface area (Å²) < 4.78 is 49.0. The number of amides is 1. The number of benzene rings is 4. The molecule has 1 saturated heterocycles. The largest absolute Gasteiger partial charge is 0.493 e. The molecule has 7 rings (SSSR count). The van der Waals surface area contributed by atoms with Crippen LogP contribution < -0.4 is 25.4 Å². The maximum atomic E-state index is 15.8. The number of hydrogen-bond acceptors (Lipinski definition) is 10. The summed E-state index contributed by atoms with van der Waals surface area (Å²) in [7, 11) is 3.67. The van der Waals surface area contributed by atoms with Gasteiger partial charge in [-0.3, -0.25) is 9.59 Å². The van der Waals surface area contributed by atoms with Crippen molar-refractivity contribution >= 4 is 27.7 Å². The highest BCUT2D eigenvalue weighted by Gasteiger charge is 2.21. The van der Waals surface area contributed by atoms with Gasteiger partial charge in [0.15, 0.2) is 34.5 Å². The van der Waals surface area contributed by atoms with Gasteiger partial charge < -0.3 is 29.7 Å². The van der Waals surface area contributed by atoms with Crippen LogP contribution in [0.3, 0.4) is 0 Å². The van der Waals surface area contributed by atoms with E-state index >= 15 is 4.39 Å². The van der Waals surface area contributed by atoms with Crippen molar-refractivity contribution in [3.8, 4) is 39.8 Å². The van der Waals surface area contributed by atoms with Crippen LogP contribution in [-0.4, -0.2) is 89.2 Å². The predicted octanol–water partition coefficient (Wildman–Crippen LogP) is 5.19. The van der Waals surface area contributed by atoms with Gasteiger partial charge in [-0.05, 0) is 67.1 Å². The van der Waals surface area contributed by atoms with Gasteiger partial charge in [-0.1, -0.05) is 24.3 Å². The minimum atomic E-state index is -1.06. The smallest absolute Gasteiger partial charge is 0.273 e. The SMILES string of the molecule is COc1cc2c(Oc3ccc(-c4cccc5c4c(=O)c(C(N)=O)nn5-c4cccc(F)c4)cc3F)cnnc2cc1OCCCN1CCN(C)CC1. The molecule has 3 heterocycles. The van der Waals surface area contributed by atoms with Gasteiger partial charge in [0.25, 0.3) is 5.91 Å². The number of fused-ring (bicyclic) bond motifs is 2. The summed E-state index contributed by atoms with van der Waals surface area (Å²) in [5.41, 5.74) is 5.84. The lowest BCUT2D eigenvalue weighted by atomic mass is 9.99. The van der Waals surface area contributed by atoms with E-state index in [0.29, 0.717) is 40.1 Å². The van der Waals surface area contributed by atoms with Crippen LogP contribution in [0.25, 0.3) is 38.6 Å². The van der Waals surface area contributed by atoms with Crippen LogP contribution in [0.2, 0.25) is 0 Å². The van der Waals surface area contributed by atoms with Gasteiger partial charge in [0.2, 0.25) is 5.43 Å². The molecule has 12 nitrogen and oxygen atoms in total. The standard InChI is InChI=1S/C38H35F2N7O5/c1-45-13-15-46(16-14-45)12-5-17-51-33-21-29-27(20-32(33)50-2)34(22-42-43-29)52-31-11-10-23(18-28(31)40)26-8-4-9-30-35(26)37(48)36(38(41)49)44-47(30)25-7-3-6-24(39)19-25/h3-4,6-11,18-22H,5,12-17H2,1-2H3,(H2,41,49). The van der Waals surface area contributed by atoms with Crippen molar-refractivity contribution in [2.24, 2.45) is 5.73 Å². The van der Waals surface area contributed by atoms with E-state index < -0.39 is 28.7 Å². The molecule has 0 unspecified atom stereocenters. The Morgan fingerprint density at radius 2 is 1.73 bits per heavy atom. The summed E-state index contributed by atoms with van der Waals surface area (Å²) in [6.07, 6.45) is 2.23. The Morgan fingerprint density at radius 1 is 0.923 bits per heavy atom. The minimum absolute atomic E-state index is 0.0532. The maximum Gasteiger partial charge on any atom is 0.273 e. The number of nitrogens with zero attached hydrogens (tertiary/aromatic N) is 6. The highest BCUT2D eigenvalue weighted by Crippen LogP contribution is 2.38. The highest BCUT2D eigenvalue weighted by atomic mass is 19.1. The molecule has 14 heteroatoms. The van der Waals surface area contributed by atoms with Crippen molar-refractivity contribution in [1.29, 1.82) is 0 Å². The molecule has 0 spiro atoms. The Bertz CT molecular complexity index is 2360. The molecule has 4 aromatic carbocycles. The van der Waals surface area contributed by atoms with E-state index in [1.807, 2.05) is 0 Å². The van der Waals surface area contributed by atoms with Crippen molar-refractivity contribution in [2.45, 2.75) is 6.42 Å². The second-order valence-electron chi connectivity index (χ2n) is 12.5. The maximum absolute atomic E-state index is 15.8. The molecule has 1 aliphatic heterocycles. The first-order valence-corrected chi connectivity index (χ1v) is 16.7. The Hall–Kier alpha value is -5.99. The third kappa shape index (κ3) is 6.98. The van der Waals surface area contributed by atoms with E-state index in [4.69, 9.17) is 19.9 Å². The van der Waals surface area contributed by atoms with Crippen molar-refractivity contribution < 1.29 is 27.8 Å². The molecule has 1 fully saturated rings. The Morgan fingerprint density at radius 3 is 2.48 bits per heavy atom. The molecule has 2 N–H and O–H groups in total. The molecular formula is C38H35F2N7O5. The summed E-state index contributed by atoms with van der Waals surface area (Å²) in [5, 5.41) is 13.0. The number of primary amides is 1. The van der Waals surface area contributed by atoms with E-state index in [9.17, 15) is 14.0 Å². The third-order valence-electron chi connectivity index (χ3n) is 9.02. The molecule has 0 saturated carbocycles. The number of carbonyl (C=O) groups excluding carboxylic acids is 1. The summed E-state index contributed by atoms with van der Waals surface area (Å²) in [6.45, 7) is 5.61. The topological polar surface area (TPSA) is 138 Å². The van der Waals surface area contributed by atoms with Crippen LogP contribution >= 0.6 is 0 Å². The average molecular weight is 708 g/mol. The number of carbonyl (C=O) groups is 1. The normalized spacial score (nSPS) is 13.8. The van der Waals surface area contributed by atoms with E-state index in [2.05, 4.69) is 32.1 Å². The summed E-state index contributed by atoms with van der Waals surface area (Å²) in [6, 6.07) is 18.0. The fourth-order valence-corrected chi connectivity index (χ4v) is 6.29. The van der Waals surface area contributed by atoms with Crippen molar-refractivity contribution in [3.63, 3.8) is 0 Å². The monoisotopic (exact) mass is 707 g/mol. The average Bonchev–Trinajstić information content (AvgIpc) is 3.14. The molecule has 0 bridgehead atoms. The van der Waals surface area contributed by atoms with E-state index in [1.54, 1.807) is 42.5 Å². The van der Waals surface area contributed by atoms with Gasteiger partial charge in [-0.15, -0.1) is 0 Å². The molecule has 0 radical (unpaired) electrons. The summed E-state index contributed by atoms with van der Waals surface area (Å²) >= 11 is 0. The zero-order chi connectivity index (χ0) is 36.4. The zero-order valence-electron chi connectivity index (χ0n) is 28.5. The second kappa shape index (κ2) is 14.7. The molecule has 2 aromatic heterocycles. The molecule has 0 aliphatic carbocycles. The molecule has 1 aliphatic rings. The van der Waals surface area contributed by atoms with Gasteiger partial charge in [0, 0.05) is 38.8 Å². The van der Waals surface area contributed by atoms with Crippen LogP contribution in [0.4, 0.5) is 8.78 Å². The summed E-state index contributed by atoms with van der Waals surface area (Å²) in [5.74, 6) is -1.24. The van der Waals surface area contributed by atoms with Crippen LogP contribution in [-0.2, 0) is 0 Å². The van der Waals surface area contributed by atoms with Crippen LogP contribution in [0.1, 0.15) is 16.9 Å². The minimum Gasteiger partial charge on any atom is -0.493 e. The molecule has 6 aromatic rings. The second-order valence-corrected chi connectivity index (χ2v) is 12.5. The fraction of sp³-hybridized carbons (Fsp3) is 0.237. The lowest BCUT2D eigenvalue weighted by Gasteiger charge is -2.32. The van der Waals surface area contributed by atoms with Crippen LogP contribution in [0.5, 0.6) is 23.0 Å². The van der Waals surface area contributed by atoms with Crippen molar-refractivity contribution in [1.82, 2.24) is 29.8 Å². The number of halogens is 2. The third-order valence-corrected chi connectivity index (χ3v) is 9.02. The number of nitrogens with two attached hydrogens (primary N) is 1. The Kier molecular flexibility index (Phi) is 9.74. The van der Waals surface area contributed by atoms with Gasteiger partial charge in [0.05, 0.1) is 41.9 Å². The first kappa shape index (κ1) is 34.5. The van der Waals surface area contributed by atoms with Gasteiger partial charge in [0.1, 0.15) is 11.3 Å². The number of ether oxygens (including phenoxy) is 3. The number of piperazine rings is 1. The van der Waals surface area contributed by atoms with E-state index in [1.165, 1.54) is 48.3 Å². The molecular weight excluding hydrogens is 672 g/mol. The first-order valence-electron chi connectivity index (χ1n) is 16.7. The summed E-state index contributed by atoms with van der Waals surface area (Å²) in [4.78, 5) is 30.6. The van der Waals surface area contributed by atoms with Gasteiger partial charge in [-0.25, -0.2) is 13.5 Å². The number of likely N-dealkylation sites (N-methyl/N-ethyl adjacent to an activating group) is 1. The predicted molar refractivity (Wildman–Crippen MR) is 191 cm³/mol. The Balaban J connectivity index is 1.17. The zero-order valence-corrected chi connectivity index (χ0v) is 28.5. The van der Waals surface area contributed by atoms with Crippen LogP contribution in [0, 0.1) is 11.6 Å². The number of methoxy groups -OCH3 is 1. The van der Waals surface area contributed by atoms with E-state index in [-0.39, 0.29) is 28.1 Å². The lowest BCUT2D eigenvalue weighted by Crippen LogP contribution is -2.44. The Labute approximate surface area is 296 Å². The lowest BCUT2D eigenvalue weighted by molar-refractivity contribution is 0.0993. The molecule has 266 valence electrons. The first-order chi connectivity index (χ1) is 25.2. The van der Waals surface area contributed by atoms with Crippen LogP contribution in [0.15, 0.2) is 83.8 Å². The van der Waals surface area contributed by atoms with Gasteiger partial charge >= 0.3 is 0 Å².